The molecule has 13 heavy (non-hydrogen) atoms. The third kappa shape index (κ3) is 3.64. The first-order valence-electron chi connectivity index (χ1n) is 4.15. The van der Waals surface area contributed by atoms with Crippen LogP contribution in [0.25, 0.3) is 0 Å². The first kappa shape index (κ1) is 10.3. The van der Waals surface area contributed by atoms with Crippen LogP contribution in [-0.2, 0) is 4.74 Å². The van der Waals surface area contributed by atoms with Crippen molar-refractivity contribution >= 4 is 0 Å². The fourth-order valence-electron chi connectivity index (χ4n) is 1.50. The van der Waals surface area contributed by atoms with E-state index in [9.17, 15) is 13.2 Å². The quantitative estimate of drug-likeness (QED) is 0.641. The van der Waals surface area contributed by atoms with Gasteiger partial charge in [0.05, 0.1) is 12.2 Å². The van der Waals surface area contributed by atoms with E-state index < -0.39 is 12.5 Å². The summed E-state index contributed by atoms with van der Waals surface area (Å²) in [6.07, 6.45) is -3.60. The molecule has 1 saturated carbocycles. The number of rotatable bonds is 1. The van der Waals surface area contributed by atoms with E-state index in [4.69, 9.17) is 5.26 Å². The number of hydrogen-bond acceptors (Lipinski definition) is 2. The van der Waals surface area contributed by atoms with Crippen LogP contribution in [0.5, 0.6) is 0 Å². The monoisotopic (exact) mass is 193 g/mol. The maximum Gasteiger partial charge on any atom is 0.522 e. The van der Waals surface area contributed by atoms with Crippen molar-refractivity contribution in [3.63, 3.8) is 0 Å². The molecule has 2 nitrogen and oxygen atoms in total. The molecular formula is C8H10F3NO. The van der Waals surface area contributed by atoms with Crippen LogP contribution in [0.15, 0.2) is 0 Å². The first-order valence-corrected chi connectivity index (χ1v) is 4.15. The molecule has 74 valence electrons. The molecule has 0 aliphatic heterocycles. The Balaban J connectivity index is 2.30. The Morgan fingerprint density at radius 1 is 1.15 bits per heavy atom. The summed E-state index contributed by atoms with van der Waals surface area (Å²) < 4.78 is 39.1. The first-order chi connectivity index (χ1) is 6.01. The number of alkyl halides is 3. The Hall–Kier alpha value is -0.760. The van der Waals surface area contributed by atoms with Crippen LogP contribution in [0, 0.1) is 17.2 Å². The number of nitrogens with zero attached hydrogens (tertiary/aromatic N) is 1. The van der Waals surface area contributed by atoms with Gasteiger partial charge >= 0.3 is 6.36 Å². The van der Waals surface area contributed by atoms with Crippen molar-refractivity contribution in [3.8, 4) is 6.07 Å². The summed E-state index contributed by atoms with van der Waals surface area (Å²) in [5.74, 6) is -0.0897. The van der Waals surface area contributed by atoms with E-state index in [2.05, 4.69) is 10.8 Å². The van der Waals surface area contributed by atoms with E-state index in [1.165, 1.54) is 0 Å². The lowest BCUT2D eigenvalue weighted by molar-refractivity contribution is -0.345. The van der Waals surface area contributed by atoms with E-state index in [-0.39, 0.29) is 5.92 Å². The molecule has 0 aromatic rings. The van der Waals surface area contributed by atoms with Crippen molar-refractivity contribution in [1.82, 2.24) is 0 Å². The van der Waals surface area contributed by atoms with Gasteiger partial charge in [0.25, 0.3) is 0 Å². The van der Waals surface area contributed by atoms with Crippen molar-refractivity contribution in [3.05, 3.63) is 0 Å². The standard InChI is InChI=1S/C8H10F3NO/c9-8(10,11)13-7-3-1-6(5-12)2-4-7/h6-7H,1-4H2. The van der Waals surface area contributed by atoms with E-state index in [1.807, 2.05) is 0 Å². The number of nitriles is 1. The summed E-state index contributed by atoms with van der Waals surface area (Å²) in [6, 6.07) is 2.05. The SMILES string of the molecule is N#CC1CCC(OC(F)(F)F)CC1. The van der Waals surface area contributed by atoms with Crippen molar-refractivity contribution in [1.29, 1.82) is 5.26 Å². The van der Waals surface area contributed by atoms with Crippen LogP contribution in [-0.4, -0.2) is 12.5 Å². The highest BCUT2D eigenvalue weighted by Crippen LogP contribution is 2.30. The van der Waals surface area contributed by atoms with Gasteiger partial charge in [0.15, 0.2) is 0 Å². The average molecular weight is 193 g/mol. The minimum Gasteiger partial charge on any atom is -0.289 e. The fraction of sp³-hybridized carbons (Fsp3) is 0.875. The highest BCUT2D eigenvalue weighted by Gasteiger charge is 2.35. The number of hydrogen-bond donors (Lipinski definition) is 0. The molecule has 1 rings (SSSR count). The predicted molar refractivity (Wildman–Crippen MR) is 38.5 cm³/mol. The maximum absolute atomic E-state index is 11.7. The zero-order valence-corrected chi connectivity index (χ0v) is 6.97. The molecule has 0 atom stereocenters. The average Bonchev–Trinajstić information content (AvgIpc) is 2.03. The van der Waals surface area contributed by atoms with Crippen LogP contribution in [0.4, 0.5) is 13.2 Å². The summed E-state index contributed by atoms with van der Waals surface area (Å²) in [7, 11) is 0. The molecule has 0 amide bonds. The van der Waals surface area contributed by atoms with Gasteiger partial charge in [0.2, 0.25) is 0 Å². The fourth-order valence-corrected chi connectivity index (χ4v) is 1.50. The zero-order chi connectivity index (χ0) is 9.90. The molecule has 1 fully saturated rings. The molecule has 0 heterocycles. The Kier molecular flexibility index (Phi) is 3.15. The summed E-state index contributed by atoms with van der Waals surface area (Å²) in [4.78, 5) is 0. The third-order valence-corrected chi connectivity index (χ3v) is 2.16. The lowest BCUT2D eigenvalue weighted by Gasteiger charge is -2.25. The van der Waals surface area contributed by atoms with Gasteiger partial charge in [-0.25, -0.2) is 0 Å². The van der Waals surface area contributed by atoms with Crippen LogP contribution >= 0.6 is 0 Å². The van der Waals surface area contributed by atoms with Crippen molar-refractivity contribution in [2.75, 3.05) is 0 Å². The van der Waals surface area contributed by atoms with Crippen LogP contribution in [0.2, 0.25) is 0 Å². The highest BCUT2D eigenvalue weighted by molar-refractivity contribution is 4.87. The van der Waals surface area contributed by atoms with Gasteiger partial charge in [-0.15, -0.1) is 13.2 Å². The second-order valence-corrected chi connectivity index (χ2v) is 3.17. The van der Waals surface area contributed by atoms with Gasteiger partial charge in [-0.05, 0) is 25.7 Å². The topological polar surface area (TPSA) is 33.0 Å². The van der Waals surface area contributed by atoms with Gasteiger partial charge in [0.1, 0.15) is 0 Å². The van der Waals surface area contributed by atoms with Gasteiger partial charge < -0.3 is 0 Å². The number of ether oxygens (including phenoxy) is 1. The maximum atomic E-state index is 11.7. The Bertz CT molecular complexity index is 200. The molecule has 0 spiro atoms. The van der Waals surface area contributed by atoms with Gasteiger partial charge in [-0.1, -0.05) is 0 Å². The van der Waals surface area contributed by atoms with E-state index in [0.29, 0.717) is 25.7 Å². The van der Waals surface area contributed by atoms with E-state index in [1.54, 1.807) is 0 Å². The zero-order valence-electron chi connectivity index (χ0n) is 6.97. The second kappa shape index (κ2) is 3.97. The Morgan fingerprint density at radius 3 is 2.08 bits per heavy atom. The number of halogens is 3. The Morgan fingerprint density at radius 2 is 1.69 bits per heavy atom. The molecule has 5 heteroatoms. The highest BCUT2D eigenvalue weighted by atomic mass is 19.4. The third-order valence-electron chi connectivity index (χ3n) is 2.16. The minimum atomic E-state index is -4.54. The van der Waals surface area contributed by atoms with E-state index in [0.717, 1.165) is 0 Å². The second-order valence-electron chi connectivity index (χ2n) is 3.17. The van der Waals surface area contributed by atoms with Crippen LogP contribution in [0.3, 0.4) is 0 Å². The molecule has 0 unspecified atom stereocenters. The molecule has 0 aromatic carbocycles. The van der Waals surface area contributed by atoms with Gasteiger partial charge in [-0.3, -0.25) is 4.74 Å². The summed E-state index contributed by atoms with van der Waals surface area (Å²) >= 11 is 0. The largest absolute Gasteiger partial charge is 0.522 e. The minimum absolute atomic E-state index is 0.0897. The molecule has 0 aromatic heterocycles. The van der Waals surface area contributed by atoms with Crippen molar-refractivity contribution in [2.24, 2.45) is 5.92 Å². The van der Waals surface area contributed by atoms with Gasteiger partial charge in [-0.2, -0.15) is 5.26 Å². The van der Waals surface area contributed by atoms with Crippen LogP contribution in [0.1, 0.15) is 25.7 Å². The molecule has 0 radical (unpaired) electrons. The molecule has 0 saturated heterocycles. The summed E-state index contributed by atoms with van der Waals surface area (Å²) in [5.41, 5.74) is 0. The normalized spacial score (nSPS) is 29.7. The van der Waals surface area contributed by atoms with Crippen molar-refractivity contribution in [2.45, 2.75) is 38.1 Å². The summed E-state index contributed by atoms with van der Waals surface area (Å²) in [6.45, 7) is 0. The smallest absolute Gasteiger partial charge is 0.289 e. The van der Waals surface area contributed by atoms with Crippen molar-refractivity contribution < 1.29 is 17.9 Å². The lowest BCUT2D eigenvalue weighted by atomic mass is 9.88. The Labute approximate surface area is 74.3 Å². The summed E-state index contributed by atoms with van der Waals surface area (Å²) in [5, 5.41) is 8.50. The molecule has 1 aliphatic rings. The van der Waals surface area contributed by atoms with Crippen LogP contribution < -0.4 is 0 Å². The molecular weight excluding hydrogens is 183 g/mol. The van der Waals surface area contributed by atoms with Gasteiger partial charge in [0, 0.05) is 5.92 Å². The predicted octanol–water partition coefficient (Wildman–Crippen LogP) is 2.61. The molecule has 0 bridgehead atoms. The molecule has 0 N–H and O–H groups in total. The lowest BCUT2D eigenvalue weighted by Crippen LogP contribution is -2.27. The molecule has 1 aliphatic carbocycles. The van der Waals surface area contributed by atoms with E-state index >= 15 is 0 Å².